The van der Waals surface area contributed by atoms with Gasteiger partial charge in [0, 0.05) is 0 Å². The highest BCUT2D eigenvalue weighted by Gasteiger charge is 2.16. The largest absolute Gasteiger partial charge is 0.478 e. The lowest BCUT2D eigenvalue weighted by Crippen LogP contribution is -2.13. The zero-order valence-electron chi connectivity index (χ0n) is 9.31. The second kappa shape index (κ2) is 5.38. The predicted octanol–water partition coefficient (Wildman–Crippen LogP) is 3.49. The minimum Gasteiger partial charge on any atom is -0.478 e. The Morgan fingerprint density at radius 1 is 1.26 bits per heavy atom. The molecule has 2 rings (SSSR count). The average Bonchev–Trinajstić information content (AvgIpc) is 2.76. The van der Waals surface area contributed by atoms with Crippen molar-refractivity contribution in [2.75, 3.05) is 5.32 Å². The number of thiophene rings is 1. The number of hydrogen-bond acceptors (Lipinski definition) is 3. The number of carboxylic acid groups (broad SMARTS) is 1. The van der Waals surface area contributed by atoms with Gasteiger partial charge in [-0.2, -0.15) is 0 Å². The Morgan fingerprint density at radius 3 is 2.63 bits per heavy atom. The Kier molecular flexibility index (Phi) is 3.82. The summed E-state index contributed by atoms with van der Waals surface area (Å²) in [5.74, 6) is -2.28. The van der Waals surface area contributed by atoms with Crippen LogP contribution in [0.1, 0.15) is 20.7 Å². The summed E-state index contributed by atoms with van der Waals surface area (Å²) in [6.45, 7) is 0. The number of aromatic carboxylic acids is 1. The van der Waals surface area contributed by atoms with Gasteiger partial charge in [0.05, 0.1) is 16.1 Å². The topological polar surface area (TPSA) is 66.4 Å². The summed E-state index contributed by atoms with van der Waals surface area (Å²) in [6, 6.07) is 4.74. The number of carboxylic acids is 1. The van der Waals surface area contributed by atoms with Gasteiger partial charge in [-0.15, -0.1) is 11.3 Å². The van der Waals surface area contributed by atoms with E-state index in [-0.39, 0.29) is 21.2 Å². The van der Waals surface area contributed by atoms with Crippen LogP contribution >= 0.6 is 22.9 Å². The van der Waals surface area contributed by atoms with Crippen LogP contribution in [-0.4, -0.2) is 17.0 Å². The fraction of sp³-hybridized carbons (Fsp3) is 0. The molecule has 0 aliphatic heterocycles. The normalized spacial score (nSPS) is 10.2. The number of amides is 1. The molecule has 1 amide bonds. The first-order valence-corrected chi connectivity index (χ1v) is 6.32. The van der Waals surface area contributed by atoms with Crippen LogP contribution in [0.25, 0.3) is 0 Å². The van der Waals surface area contributed by atoms with E-state index in [1.807, 2.05) is 0 Å². The van der Waals surface area contributed by atoms with E-state index >= 15 is 0 Å². The number of carbonyl (C=O) groups excluding carboxylic acids is 1. The Labute approximate surface area is 116 Å². The second-order valence-corrected chi connectivity index (χ2v) is 4.87. The third-order valence-electron chi connectivity index (χ3n) is 2.30. The van der Waals surface area contributed by atoms with Gasteiger partial charge in [0.2, 0.25) is 0 Å². The van der Waals surface area contributed by atoms with Crippen molar-refractivity contribution >= 4 is 39.8 Å². The zero-order chi connectivity index (χ0) is 14.0. The summed E-state index contributed by atoms with van der Waals surface area (Å²) in [5.41, 5.74) is 0.0735. The molecule has 4 nitrogen and oxygen atoms in total. The quantitative estimate of drug-likeness (QED) is 0.911. The molecule has 1 aromatic heterocycles. The standard InChI is InChI=1S/C12H7ClFNO3S/c13-9-5-6(14)1-2-7(9)10(16)15-11-8(12(17)18)3-4-19-11/h1-5H,(H,15,16)(H,17,18). The molecule has 19 heavy (non-hydrogen) atoms. The number of benzene rings is 1. The predicted molar refractivity (Wildman–Crippen MR) is 70.6 cm³/mol. The van der Waals surface area contributed by atoms with E-state index in [9.17, 15) is 14.0 Å². The van der Waals surface area contributed by atoms with Crippen molar-refractivity contribution in [3.05, 3.63) is 51.6 Å². The number of nitrogens with one attached hydrogen (secondary N) is 1. The van der Waals surface area contributed by atoms with Crippen molar-refractivity contribution in [2.45, 2.75) is 0 Å². The monoisotopic (exact) mass is 299 g/mol. The van der Waals surface area contributed by atoms with Gasteiger partial charge in [-0.25, -0.2) is 9.18 Å². The summed E-state index contributed by atoms with van der Waals surface area (Å²) in [5, 5.41) is 13.1. The molecular formula is C12H7ClFNO3S. The molecule has 0 saturated carbocycles. The lowest BCUT2D eigenvalue weighted by Gasteiger charge is -2.06. The van der Waals surface area contributed by atoms with E-state index < -0.39 is 17.7 Å². The number of halogens is 2. The van der Waals surface area contributed by atoms with Gasteiger partial charge in [0.1, 0.15) is 10.8 Å². The minimum atomic E-state index is -1.14. The maximum Gasteiger partial charge on any atom is 0.338 e. The average molecular weight is 300 g/mol. The number of hydrogen-bond donors (Lipinski definition) is 2. The maximum atomic E-state index is 12.9. The third-order valence-corrected chi connectivity index (χ3v) is 3.44. The summed E-state index contributed by atoms with van der Waals surface area (Å²) in [4.78, 5) is 22.8. The second-order valence-electron chi connectivity index (χ2n) is 3.55. The van der Waals surface area contributed by atoms with E-state index in [2.05, 4.69) is 5.32 Å². The first-order valence-electron chi connectivity index (χ1n) is 5.06. The summed E-state index contributed by atoms with van der Waals surface area (Å²) < 4.78 is 12.9. The van der Waals surface area contributed by atoms with Crippen molar-refractivity contribution in [1.82, 2.24) is 0 Å². The number of anilines is 1. The molecule has 0 atom stereocenters. The first kappa shape index (κ1) is 13.5. The van der Waals surface area contributed by atoms with Crippen molar-refractivity contribution in [3.63, 3.8) is 0 Å². The van der Waals surface area contributed by atoms with E-state index in [1.54, 1.807) is 5.38 Å². The van der Waals surface area contributed by atoms with Crippen molar-refractivity contribution in [2.24, 2.45) is 0 Å². The SMILES string of the molecule is O=C(Nc1sccc1C(=O)O)c1ccc(F)cc1Cl. The summed E-state index contributed by atoms with van der Waals surface area (Å²) in [6.07, 6.45) is 0. The summed E-state index contributed by atoms with van der Waals surface area (Å²) >= 11 is 6.83. The number of rotatable bonds is 3. The van der Waals surface area contributed by atoms with Crippen molar-refractivity contribution < 1.29 is 19.1 Å². The molecule has 2 N–H and O–H groups in total. The van der Waals surface area contributed by atoms with Gasteiger partial charge in [-0.05, 0) is 29.6 Å². The highest BCUT2D eigenvalue weighted by atomic mass is 35.5. The number of carbonyl (C=O) groups is 2. The Balaban J connectivity index is 2.26. The molecule has 0 fully saturated rings. The first-order chi connectivity index (χ1) is 8.99. The lowest BCUT2D eigenvalue weighted by atomic mass is 10.2. The van der Waals surface area contributed by atoms with Crippen LogP contribution in [0.5, 0.6) is 0 Å². The lowest BCUT2D eigenvalue weighted by molar-refractivity contribution is 0.0698. The van der Waals surface area contributed by atoms with Crippen LogP contribution in [0.4, 0.5) is 9.39 Å². The molecule has 7 heteroatoms. The van der Waals surface area contributed by atoms with Gasteiger partial charge in [0.15, 0.2) is 0 Å². The molecule has 0 saturated heterocycles. The highest BCUT2D eigenvalue weighted by Crippen LogP contribution is 2.25. The van der Waals surface area contributed by atoms with Gasteiger partial charge in [-0.3, -0.25) is 4.79 Å². The van der Waals surface area contributed by atoms with Gasteiger partial charge < -0.3 is 10.4 Å². The molecule has 0 bridgehead atoms. The smallest absolute Gasteiger partial charge is 0.338 e. The zero-order valence-corrected chi connectivity index (χ0v) is 10.9. The maximum absolute atomic E-state index is 12.9. The van der Waals surface area contributed by atoms with Crippen LogP contribution in [0, 0.1) is 5.82 Å². The molecular weight excluding hydrogens is 293 g/mol. The molecule has 0 unspecified atom stereocenters. The summed E-state index contributed by atoms with van der Waals surface area (Å²) in [7, 11) is 0. The molecule has 98 valence electrons. The molecule has 0 aliphatic carbocycles. The van der Waals surface area contributed by atoms with Gasteiger partial charge in [0.25, 0.3) is 5.91 Å². The fourth-order valence-corrected chi connectivity index (χ4v) is 2.45. The molecule has 0 aliphatic rings. The van der Waals surface area contributed by atoms with E-state index in [0.29, 0.717) is 0 Å². The van der Waals surface area contributed by atoms with E-state index in [1.165, 1.54) is 12.1 Å². The van der Waals surface area contributed by atoms with Crippen molar-refractivity contribution in [3.8, 4) is 0 Å². The van der Waals surface area contributed by atoms with E-state index in [0.717, 1.165) is 23.5 Å². The van der Waals surface area contributed by atoms with Crippen LogP contribution in [0.2, 0.25) is 5.02 Å². The molecule has 0 radical (unpaired) electrons. The van der Waals surface area contributed by atoms with Crippen LogP contribution in [-0.2, 0) is 0 Å². The molecule has 0 spiro atoms. The van der Waals surface area contributed by atoms with Gasteiger partial charge >= 0.3 is 5.97 Å². The fourth-order valence-electron chi connectivity index (χ4n) is 1.42. The highest BCUT2D eigenvalue weighted by molar-refractivity contribution is 7.14. The Morgan fingerprint density at radius 2 is 2.00 bits per heavy atom. The van der Waals surface area contributed by atoms with Crippen LogP contribution in [0.15, 0.2) is 29.6 Å². The van der Waals surface area contributed by atoms with Gasteiger partial charge in [-0.1, -0.05) is 11.6 Å². The van der Waals surface area contributed by atoms with Crippen molar-refractivity contribution in [1.29, 1.82) is 0 Å². The third kappa shape index (κ3) is 2.91. The molecule has 1 aromatic carbocycles. The van der Waals surface area contributed by atoms with Crippen LogP contribution < -0.4 is 5.32 Å². The van der Waals surface area contributed by atoms with Crippen LogP contribution in [0.3, 0.4) is 0 Å². The molecule has 1 heterocycles. The Hall–Kier alpha value is -1.92. The van der Waals surface area contributed by atoms with E-state index in [4.69, 9.17) is 16.7 Å². The minimum absolute atomic E-state index is 0.00316. The Bertz CT molecular complexity index is 656. The molecule has 2 aromatic rings.